The van der Waals surface area contributed by atoms with Crippen LogP contribution in [0.3, 0.4) is 0 Å². The van der Waals surface area contributed by atoms with Crippen molar-refractivity contribution >= 4 is 24.0 Å². The zero-order chi connectivity index (χ0) is 17.7. The largest absolute Gasteiger partial charge is 0.491 e. The van der Waals surface area contributed by atoms with Crippen LogP contribution in [0.5, 0.6) is 5.75 Å². The Kier molecular flexibility index (Phi) is 7.77. The number of hydrogen-bond acceptors (Lipinski definition) is 4. The van der Waals surface area contributed by atoms with Crippen molar-refractivity contribution < 1.29 is 9.53 Å². The SMILES string of the molecule is CC(C)Oc1ccc(C(C)NC(=O)CCc2c(N)cnn2C)cc1.Cl. The zero-order valence-electron chi connectivity index (χ0n) is 15.2. The third kappa shape index (κ3) is 5.98. The molecule has 0 radical (unpaired) electrons. The third-order valence-electron chi connectivity index (χ3n) is 3.81. The van der Waals surface area contributed by atoms with Crippen LogP contribution in [0, 0.1) is 0 Å². The van der Waals surface area contributed by atoms with Gasteiger partial charge in [-0.05, 0) is 38.5 Å². The van der Waals surface area contributed by atoms with E-state index in [2.05, 4.69) is 10.4 Å². The summed E-state index contributed by atoms with van der Waals surface area (Å²) < 4.78 is 7.33. The fourth-order valence-corrected chi connectivity index (χ4v) is 2.52. The smallest absolute Gasteiger partial charge is 0.220 e. The maximum Gasteiger partial charge on any atom is 0.220 e. The van der Waals surface area contributed by atoms with E-state index >= 15 is 0 Å². The number of halogens is 1. The molecule has 0 aliphatic rings. The number of carbonyl (C=O) groups excluding carboxylic acids is 1. The Morgan fingerprint density at radius 1 is 1.28 bits per heavy atom. The summed E-state index contributed by atoms with van der Waals surface area (Å²) in [6.45, 7) is 5.95. The number of nitrogens with zero attached hydrogens (tertiary/aromatic N) is 2. The lowest BCUT2D eigenvalue weighted by Crippen LogP contribution is -2.27. The van der Waals surface area contributed by atoms with Crippen LogP contribution in [0.2, 0.25) is 0 Å². The molecule has 1 aromatic heterocycles. The van der Waals surface area contributed by atoms with E-state index in [4.69, 9.17) is 10.5 Å². The molecule has 138 valence electrons. The van der Waals surface area contributed by atoms with E-state index in [0.717, 1.165) is 17.0 Å². The maximum atomic E-state index is 12.2. The monoisotopic (exact) mass is 366 g/mol. The van der Waals surface area contributed by atoms with Gasteiger partial charge in [-0.3, -0.25) is 9.48 Å². The number of nitrogens with one attached hydrogen (secondary N) is 1. The summed E-state index contributed by atoms with van der Waals surface area (Å²) in [6.07, 6.45) is 2.70. The van der Waals surface area contributed by atoms with Crippen molar-refractivity contribution in [1.82, 2.24) is 15.1 Å². The predicted octanol–water partition coefficient (Wildman–Crippen LogP) is 3.02. The number of hydrogen-bond donors (Lipinski definition) is 2. The van der Waals surface area contributed by atoms with Crippen LogP contribution in [-0.2, 0) is 18.3 Å². The molecule has 0 fully saturated rings. The van der Waals surface area contributed by atoms with Crippen molar-refractivity contribution in [2.45, 2.75) is 45.8 Å². The van der Waals surface area contributed by atoms with Gasteiger partial charge in [0.2, 0.25) is 5.91 Å². The molecular formula is C18H27ClN4O2. The van der Waals surface area contributed by atoms with Crippen molar-refractivity contribution in [1.29, 1.82) is 0 Å². The zero-order valence-corrected chi connectivity index (χ0v) is 16.0. The molecule has 25 heavy (non-hydrogen) atoms. The van der Waals surface area contributed by atoms with Crippen LogP contribution < -0.4 is 15.8 Å². The Morgan fingerprint density at radius 3 is 2.44 bits per heavy atom. The highest BCUT2D eigenvalue weighted by Gasteiger charge is 2.12. The first-order valence-electron chi connectivity index (χ1n) is 8.19. The van der Waals surface area contributed by atoms with Crippen LogP contribution in [0.1, 0.15) is 44.5 Å². The fraction of sp³-hybridized carbons (Fsp3) is 0.444. The van der Waals surface area contributed by atoms with Gasteiger partial charge in [0.1, 0.15) is 5.75 Å². The second-order valence-corrected chi connectivity index (χ2v) is 6.20. The van der Waals surface area contributed by atoms with Crippen molar-refractivity contribution in [2.75, 3.05) is 5.73 Å². The minimum absolute atomic E-state index is 0. The Bertz CT molecular complexity index is 663. The first-order chi connectivity index (χ1) is 11.4. The summed E-state index contributed by atoms with van der Waals surface area (Å²) in [4.78, 5) is 12.2. The topological polar surface area (TPSA) is 82.2 Å². The van der Waals surface area contributed by atoms with Crippen molar-refractivity contribution in [2.24, 2.45) is 7.05 Å². The highest BCUT2D eigenvalue weighted by Crippen LogP contribution is 2.19. The first-order valence-corrected chi connectivity index (χ1v) is 8.19. The van der Waals surface area contributed by atoms with Crippen LogP contribution in [0.25, 0.3) is 0 Å². The van der Waals surface area contributed by atoms with Crippen LogP contribution >= 0.6 is 12.4 Å². The van der Waals surface area contributed by atoms with Gasteiger partial charge in [-0.25, -0.2) is 0 Å². The van der Waals surface area contributed by atoms with E-state index in [0.29, 0.717) is 18.5 Å². The molecule has 1 aromatic carbocycles. The summed E-state index contributed by atoms with van der Waals surface area (Å²) in [6, 6.07) is 7.74. The fourth-order valence-electron chi connectivity index (χ4n) is 2.52. The number of rotatable bonds is 7. The molecule has 0 saturated carbocycles. The number of aryl methyl sites for hydroxylation is 1. The van der Waals surface area contributed by atoms with Crippen LogP contribution in [-0.4, -0.2) is 21.8 Å². The van der Waals surface area contributed by atoms with Gasteiger partial charge in [-0.15, -0.1) is 12.4 Å². The van der Waals surface area contributed by atoms with Gasteiger partial charge in [0.25, 0.3) is 0 Å². The standard InChI is InChI=1S/C18H26N4O2.ClH/c1-12(2)24-15-7-5-14(6-8-15)13(3)21-18(23)10-9-17-16(19)11-20-22(17)4;/h5-8,11-13H,9-10,19H2,1-4H3,(H,21,23);1H. The number of amides is 1. The van der Waals surface area contributed by atoms with Crippen molar-refractivity contribution in [3.63, 3.8) is 0 Å². The van der Waals surface area contributed by atoms with E-state index in [-0.39, 0.29) is 30.5 Å². The molecule has 1 unspecified atom stereocenters. The highest BCUT2D eigenvalue weighted by molar-refractivity contribution is 5.85. The van der Waals surface area contributed by atoms with Gasteiger partial charge in [-0.2, -0.15) is 5.10 Å². The maximum absolute atomic E-state index is 12.2. The quantitative estimate of drug-likeness (QED) is 0.789. The van der Waals surface area contributed by atoms with Gasteiger partial charge in [0, 0.05) is 19.9 Å². The van der Waals surface area contributed by atoms with E-state index in [1.165, 1.54) is 0 Å². The van der Waals surface area contributed by atoms with Crippen LogP contribution in [0.4, 0.5) is 5.69 Å². The van der Waals surface area contributed by atoms with Gasteiger partial charge in [0.15, 0.2) is 0 Å². The van der Waals surface area contributed by atoms with Crippen molar-refractivity contribution in [3.8, 4) is 5.75 Å². The third-order valence-corrected chi connectivity index (χ3v) is 3.81. The van der Waals surface area contributed by atoms with Gasteiger partial charge < -0.3 is 15.8 Å². The second kappa shape index (κ2) is 9.32. The molecule has 0 aliphatic heterocycles. The molecule has 6 nitrogen and oxygen atoms in total. The molecule has 7 heteroatoms. The van der Waals surface area contributed by atoms with E-state index in [1.54, 1.807) is 10.9 Å². The first kappa shape index (κ1) is 20.8. The molecule has 0 spiro atoms. The second-order valence-electron chi connectivity index (χ2n) is 6.20. The average Bonchev–Trinajstić information content (AvgIpc) is 2.84. The lowest BCUT2D eigenvalue weighted by Gasteiger charge is -2.16. The van der Waals surface area contributed by atoms with E-state index in [1.807, 2.05) is 52.1 Å². The molecule has 0 aliphatic carbocycles. The molecule has 1 amide bonds. The molecule has 0 bridgehead atoms. The number of ether oxygens (including phenoxy) is 1. The number of benzene rings is 1. The number of anilines is 1. The average molecular weight is 367 g/mol. The summed E-state index contributed by atoms with van der Waals surface area (Å²) in [5, 5.41) is 7.09. The van der Waals surface area contributed by atoms with Crippen molar-refractivity contribution in [3.05, 3.63) is 41.7 Å². The highest BCUT2D eigenvalue weighted by atomic mass is 35.5. The van der Waals surface area contributed by atoms with Crippen LogP contribution in [0.15, 0.2) is 30.5 Å². The molecule has 3 N–H and O–H groups in total. The molecule has 2 rings (SSSR count). The predicted molar refractivity (Wildman–Crippen MR) is 102 cm³/mol. The lowest BCUT2D eigenvalue weighted by atomic mass is 10.1. The van der Waals surface area contributed by atoms with E-state index < -0.39 is 0 Å². The Labute approximate surface area is 155 Å². The Morgan fingerprint density at radius 2 is 1.92 bits per heavy atom. The molecule has 1 atom stereocenters. The summed E-state index contributed by atoms with van der Waals surface area (Å²) >= 11 is 0. The number of nitrogens with two attached hydrogens (primary N) is 1. The normalized spacial score (nSPS) is 11.7. The minimum atomic E-state index is -0.0607. The molecule has 2 aromatic rings. The lowest BCUT2D eigenvalue weighted by molar-refractivity contribution is -0.121. The van der Waals surface area contributed by atoms with Gasteiger partial charge in [0.05, 0.1) is 29.7 Å². The number of nitrogen functional groups attached to an aromatic ring is 1. The van der Waals surface area contributed by atoms with Gasteiger partial charge >= 0.3 is 0 Å². The summed E-state index contributed by atoms with van der Waals surface area (Å²) in [5.74, 6) is 0.824. The Balaban J connectivity index is 0.00000312. The Hall–Kier alpha value is -2.21. The molecule has 0 saturated heterocycles. The molecular weight excluding hydrogens is 340 g/mol. The number of carbonyl (C=O) groups is 1. The summed E-state index contributed by atoms with van der Waals surface area (Å²) in [5.41, 5.74) is 8.39. The molecule has 1 heterocycles. The summed E-state index contributed by atoms with van der Waals surface area (Å²) in [7, 11) is 1.83. The minimum Gasteiger partial charge on any atom is -0.491 e. The number of aromatic nitrogens is 2. The van der Waals surface area contributed by atoms with Gasteiger partial charge in [-0.1, -0.05) is 12.1 Å². The van der Waals surface area contributed by atoms with E-state index in [9.17, 15) is 4.79 Å².